The Labute approximate surface area is 176 Å². The number of carbonyl (C=O) groups excluding carboxylic acids is 1. The Morgan fingerprint density at radius 2 is 1.73 bits per heavy atom. The zero-order valence-electron chi connectivity index (χ0n) is 17.2. The Hall–Kier alpha value is -3.05. The summed E-state index contributed by atoms with van der Waals surface area (Å²) < 4.78 is 11.2. The number of phenolic OH excluding ortho intramolecular Hbond substituents is 1. The molecule has 5 heteroatoms. The number of hydrogen-bond donors (Lipinski definition) is 2. The molecular weight excluding hydrogens is 378 g/mol. The molecule has 0 unspecified atom stereocenters. The Balaban J connectivity index is 1.55. The molecule has 0 saturated carbocycles. The number of benzene rings is 3. The van der Waals surface area contributed by atoms with Crippen molar-refractivity contribution >= 4 is 16.7 Å². The first-order valence-corrected chi connectivity index (χ1v) is 10.4. The number of fused-ring (bicyclic) bond motifs is 1. The molecule has 2 N–H and O–H groups in total. The third-order valence-electron chi connectivity index (χ3n) is 5.92. The van der Waals surface area contributed by atoms with E-state index in [1.807, 2.05) is 43.3 Å². The van der Waals surface area contributed by atoms with E-state index in [1.54, 1.807) is 12.1 Å². The van der Waals surface area contributed by atoms with E-state index in [9.17, 15) is 9.90 Å². The lowest BCUT2D eigenvalue weighted by molar-refractivity contribution is 0.0486. The van der Waals surface area contributed by atoms with Crippen LogP contribution >= 0.6 is 0 Å². The third-order valence-corrected chi connectivity index (χ3v) is 5.92. The Morgan fingerprint density at radius 1 is 1.07 bits per heavy atom. The predicted octanol–water partition coefficient (Wildman–Crippen LogP) is 4.42. The second-order valence-corrected chi connectivity index (χ2v) is 7.75. The molecule has 1 amide bonds. The lowest BCUT2D eigenvalue weighted by Gasteiger charge is -2.38. The fourth-order valence-electron chi connectivity index (χ4n) is 4.16. The van der Waals surface area contributed by atoms with Gasteiger partial charge in [-0.1, -0.05) is 36.4 Å². The fraction of sp³-hybridized carbons (Fsp3) is 0.320. The van der Waals surface area contributed by atoms with Crippen molar-refractivity contribution in [1.29, 1.82) is 0 Å². The van der Waals surface area contributed by atoms with Crippen LogP contribution < -0.4 is 10.1 Å². The van der Waals surface area contributed by atoms with Crippen molar-refractivity contribution in [3.05, 3.63) is 71.8 Å². The lowest BCUT2D eigenvalue weighted by Crippen LogP contribution is -2.44. The highest BCUT2D eigenvalue weighted by Crippen LogP contribution is 2.35. The van der Waals surface area contributed by atoms with Gasteiger partial charge in [0.05, 0.1) is 12.2 Å². The summed E-state index contributed by atoms with van der Waals surface area (Å²) in [7, 11) is 0. The maximum atomic E-state index is 12.9. The van der Waals surface area contributed by atoms with Crippen molar-refractivity contribution in [2.75, 3.05) is 26.4 Å². The third kappa shape index (κ3) is 4.12. The van der Waals surface area contributed by atoms with Gasteiger partial charge in [-0.15, -0.1) is 0 Å². The van der Waals surface area contributed by atoms with E-state index in [0.717, 1.165) is 34.9 Å². The average Bonchev–Trinajstić information content (AvgIpc) is 2.78. The van der Waals surface area contributed by atoms with Crippen LogP contribution in [0.3, 0.4) is 0 Å². The Morgan fingerprint density at radius 3 is 2.40 bits per heavy atom. The second kappa shape index (κ2) is 8.76. The number of ether oxygens (including phenoxy) is 2. The fourth-order valence-corrected chi connectivity index (χ4v) is 4.16. The zero-order chi connectivity index (χ0) is 21.0. The van der Waals surface area contributed by atoms with Crippen LogP contribution in [-0.4, -0.2) is 37.4 Å². The number of hydrogen-bond acceptors (Lipinski definition) is 4. The molecule has 1 saturated heterocycles. The summed E-state index contributed by atoms with van der Waals surface area (Å²) in [5.74, 6) is 0.567. The minimum Gasteiger partial charge on any atom is -0.507 e. The SMILES string of the molecule is CCOc1ccc(C2(CNC(=O)c3cc4ccccc4cc3O)CCOCC2)cc1. The molecule has 5 nitrogen and oxygen atoms in total. The summed E-state index contributed by atoms with van der Waals surface area (Å²) >= 11 is 0. The van der Waals surface area contributed by atoms with Crippen molar-refractivity contribution < 1.29 is 19.4 Å². The first-order valence-electron chi connectivity index (χ1n) is 10.4. The van der Waals surface area contributed by atoms with Gasteiger partial charge in [0.15, 0.2) is 0 Å². The Kier molecular flexibility index (Phi) is 5.91. The molecule has 1 heterocycles. The standard InChI is InChI=1S/C25H27NO4/c1-2-30-21-9-7-20(8-10-21)25(11-13-29-14-12-25)17-26-24(28)22-15-18-5-3-4-6-19(18)16-23(22)27/h3-10,15-16,27H,2,11-14,17H2,1H3,(H,26,28). The predicted molar refractivity (Wildman–Crippen MR) is 117 cm³/mol. The summed E-state index contributed by atoms with van der Waals surface area (Å²) in [5, 5.41) is 15.3. The molecule has 1 aliphatic heterocycles. The van der Waals surface area contributed by atoms with Crippen molar-refractivity contribution in [2.24, 2.45) is 0 Å². The largest absolute Gasteiger partial charge is 0.507 e. The number of amides is 1. The maximum Gasteiger partial charge on any atom is 0.255 e. The quantitative estimate of drug-likeness (QED) is 0.637. The van der Waals surface area contributed by atoms with Gasteiger partial charge in [-0.3, -0.25) is 4.79 Å². The van der Waals surface area contributed by atoms with Gasteiger partial charge >= 0.3 is 0 Å². The second-order valence-electron chi connectivity index (χ2n) is 7.75. The van der Waals surface area contributed by atoms with Crippen LogP contribution in [0, 0.1) is 0 Å². The highest BCUT2D eigenvalue weighted by Gasteiger charge is 2.35. The van der Waals surface area contributed by atoms with E-state index in [2.05, 4.69) is 17.4 Å². The van der Waals surface area contributed by atoms with E-state index >= 15 is 0 Å². The molecule has 3 aromatic carbocycles. The molecule has 0 radical (unpaired) electrons. The van der Waals surface area contributed by atoms with Crippen molar-refractivity contribution in [3.63, 3.8) is 0 Å². The van der Waals surface area contributed by atoms with E-state index in [4.69, 9.17) is 9.47 Å². The molecule has 30 heavy (non-hydrogen) atoms. The summed E-state index contributed by atoms with van der Waals surface area (Å²) in [4.78, 5) is 12.9. The van der Waals surface area contributed by atoms with Crippen LogP contribution in [-0.2, 0) is 10.2 Å². The molecule has 3 aromatic rings. The summed E-state index contributed by atoms with van der Waals surface area (Å²) in [6.07, 6.45) is 1.65. The minimum absolute atomic E-state index is 0.00621. The van der Waals surface area contributed by atoms with Gasteiger partial charge in [0, 0.05) is 25.2 Å². The highest BCUT2D eigenvalue weighted by atomic mass is 16.5. The number of carbonyl (C=O) groups is 1. The molecule has 0 aliphatic carbocycles. The van der Waals surface area contributed by atoms with Gasteiger partial charge in [-0.2, -0.15) is 0 Å². The van der Waals surface area contributed by atoms with Crippen LogP contribution in [0.15, 0.2) is 60.7 Å². The normalized spacial score (nSPS) is 15.6. The summed E-state index contributed by atoms with van der Waals surface area (Å²) in [5.41, 5.74) is 1.25. The monoisotopic (exact) mass is 405 g/mol. The van der Waals surface area contributed by atoms with E-state index in [0.29, 0.717) is 31.9 Å². The molecule has 0 spiro atoms. The van der Waals surface area contributed by atoms with Gasteiger partial charge in [-0.05, 0) is 60.4 Å². The number of rotatable bonds is 6. The minimum atomic E-state index is -0.268. The van der Waals surface area contributed by atoms with Crippen LogP contribution in [0.25, 0.3) is 10.8 Å². The zero-order valence-corrected chi connectivity index (χ0v) is 17.2. The van der Waals surface area contributed by atoms with Gasteiger partial charge in [-0.25, -0.2) is 0 Å². The molecular formula is C25H27NO4. The van der Waals surface area contributed by atoms with Crippen LogP contribution in [0.1, 0.15) is 35.7 Å². The van der Waals surface area contributed by atoms with Crippen LogP contribution in [0.2, 0.25) is 0 Å². The van der Waals surface area contributed by atoms with Crippen molar-refractivity contribution in [2.45, 2.75) is 25.2 Å². The molecule has 1 fully saturated rings. The van der Waals surface area contributed by atoms with Gasteiger partial charge in [0.25, 0.3) is 5.91 Å². The Bertz CT molecular complexity index is 1020. The molecule has 4 rings (SSSR count). The van der Waals surface area contributed by atoms with Crippen molar-refractivity contribution in [3.8, 4) is 11.5 Å². The lowest BCUT2D eigenvalue weighted by atomic mass is 9.74. The van der Waals surface area contributed by atoms with E-state index in [1.165, 1.54) is 0 Å². The first kappa shape index (κ1) is 20.2. The highest BCUT2D eigenvalue weighted by molar-refractivity contribution is 6.01. The number of phenols is 1. The topological polar surface area (TPSA) is 67.8 Å². The number of nitrogens with one attached hydrogen (secondary N) is 1. The van der Waals surface area contributed by atoms with E-state index < -0.39 is 0 Å². The smallest absolute Gasteiger partial charge is 0.255 e. The molecule has 1 aliphatic rings. The molecule has 0 aromatic heterocycles. The summed E-state index contributed by atoms with van der Waals surface area (Å²) in [6.45, 7) is 4.39. The average molecular weight is 405 g/mol. The van der Waals surface area contributed by atoms with Crippen molar-refractivity contribution in [1.82, 2.24) is 5.32 Å². The van der Waals surface area contributed by atoms with Crippen LogP contribution in [0.5, 0.6) is 11.5 Å². The van der Waals surface area contributed by atoms with Gasteiger partial charge in [0.2, 0.25) is 0 Å². The summed E-state index contributed by atoms with van der Waals surface area (Å²) in [6, 6.07) is 19.2. The van der Waals surface area contributed by atoms with Gasteiger partial charge < -0.3 is 19.9 Å². The molecule has 0 bridgehead atoms. The van der Waals surface area contributed by atoms with Gasteiger partial charge in [0.1, 0.15) is 11.5 Å². The van der Waals surface area contributed by atoms with E-state index in [-0.39, 0.29) is 17.1 Å². The maximum absolute atomic E-state index is 12.9. The molecule has 0 atom stereocenters. The number of aromatic hydroxyl groups is 1. The first-order chi connectivity index (χ1) is 14.6. The molecule has 156 valence electrons. The van der Waals surface area contributed by atoms with Crippen LogP contribution in [0.4, 0.5) is 0 Å².